The largest absolute Gasteiger partial charge is 0.393 e. The van der Waals surface area contributed by atoms with Gasteiger partial charge in [0.15, 0.2) is 5.03 Å². The van der Waals surface area contributed by atoms with Gasteiger partial charge in [0.05, 0.1) is 12.4 Å². The molecule has 1 aliphatic rings. The fourth-order valence-corrected chi connectivity index (χ4v) is 3.47. The highest BCUT2D eigenvalue weighted by Crippen LogP contribution is 2.20. The van der Waals surface area contributed by atoms with Crippen molar-refractivity contribution in [2.45, 2.75) is 50.3 Å². The van der Waals surface area contributed by atoms with Gasteiger partial charge in [-0.05, 0) is 39.0 Å². The van der Waals surface area contributed by atoms with Crippen molar-refractivity contribution in [1.82, 2.24) is 14.3 Å². The number of hydrogen-bond donors (Lipinski definition) is 2. The summed E-state index contributed by atoms with van der Waals surface area (Å²) in [5, 5.41) is 10.1. The fraction of sp³-hybridized carbons (Fsp3) is 0.786. The second kappa shape index (κ2) is 7.54. The summed E-state index contributed by atoms with van der Waals surface area (Å²) in [6.45, 7) is 5.45. The first-order chi connectivity index (χ1) is 10.4. The predicted molar refractivity (Wildman–Crippen MR) is 82.0 cm³/mol. The lowest BCUT2D eigenvalue weighted by Crippen LogP contribution is -2.32. The van der Waals surface area contributed by atoms with Crippen LogP contribution in [0.2, 0.25) is 0 Å². The molecule has 2 heterocycles. The van der Waals surface area contributed by atoms with Crippen molar-refractivity contribution in [1.29, 1.82) is 0 Å². The van der Waals surface area contributed by atoms with Crippen LogP contribution in [-0.4, -0.2) is 48.9 Å². The minimum Gasteiger partial charge on any atom is -0.393 e. The summed E-state index contributed by atoms with van der Waals surface area (Å²) in [6.07, 6.45) is 4.58. The minimum absolute atomic E-state index is 0.0155. The molecule has 7 nitrogen and oxygen atoms in total. The molecule has 2 N–H and O–H groups in total. The van der Waals surface area contributed by atoms with Crippen LogP contribution in [0.4, 0.5) is 0 Å². The molecule has 0 radical (unpaired) electrons. The van der Waals surface area contributed by atoms with Crippen molar-refractivity contribution in [3.8, 4) is 0 Å². The maximum absolute atomic E-state index is 12.1. The number of ether oxygens (including phenoxy) is 1. The normalized spacial score (nSPS) is 18.7. The van der Waals surface area contributed by atoms with Crippen molar-refractivity contribution in [2.75, 3.05) is 19.8 Å². The first-order valence-corrected chi connectivity index (χ1v) is 9.17. The molecule has 0 aromatic carbocycles. The van der Waals surface area contributed by atoms with E-state index in [1.807, 2.05) is 13.8 Å². The Bertz CT molecular complexity index is 564. The Kier molecular flexibility index (Phi) is 5.96. The van der Waals surface area contributed by atoms with Gasteiger partial charge in [-0.25, -0.2) is 18.1 Å². The minimum atomic E-state index is -3.62. The molecule has 0 spiro atoms. The summed E-state index contributed by atoms with van der Waals surface area (Å²) in [7, 11) is -3.62. The van der Waals surface area contributed by atoms with E-state index in [1.165, 1.54) is 12.5 Å². The van der Waals surface area contributed by atoms with Gasteiger partial charge in [-0.15, -0.1) is 0 Å². The number of imidazole rings is 1. The van der Waals surface area contributed by atoms with Crippen LogP contribution >= 0.6 is 0 Å². The van der Waals surface area contributed by atoms with Gasteiger partial charge >= 0.3 is 0 Å². The number of aliphatic hydroxyl groups excluding tert-OH is 1. The van der Waals surface area contributed by atoms with Crippen LogP contribution in [0, 0.1) is 5.92 Å². The van der Waals surface area contributed by atoms with E-state index in [0.29, 0.717) is 19.6 Å². The number of hydrogen-bond acceptors (Lipinski definition) is 5. The summed E-state index contributed by atoms with van der Waals surface area (Å²) in [6, 6.07) is 0.159. The standard InChI is InChI=1S/C14H25N3O4S/c1-11(2)17-9-14(15-10-17)22(19,20)16-6-3-13(18)12-4-7-21-8-5-12/h9-13,16,18H,3-8H2,1-2H3/t13-/m1/s1. The number of aromatic nitrogens is 2. The van der Waals surface area contributed by atoms with Crippen molar-refractivity contribution in [3.63, 3.8) is 0 Å². The van der Waals surface area contributed by atoms with Crippen molar-refractivity contribution < 1.29 is 18.3 Å². The van der Waals surface area contributed by atoms with Crippen LogP contribution < -0.4 is 4.72 Å². The van der Waals surface area contributed by atoms with E-state index in [0.717, 1.165) is 12.8 Å². The molecule has 0 bridgehead atoms. The summed E-state index contributed by atoms with van der Waals surface area (Å²) in [4.78, 5) is 3.93. The van der Waals surface area contributed by atoms with Gasteiger partial charge in [0.25, 0.3) is 10.0 Å². The third-order valence-corrected chi connectivity index (χ3v) is 5.34. The molecule has 2 rings (SSSR count). The summed E-state index contributed by atoms with van der Waals surface area (Å²) < 4.78 is 33.8. The monoisotopic (exact) mass is 331 g/mol. The van der Waals surface area contributed by atoms with Crippen LogP contribution in [0.5, 0.6) is 0 Å². The van der Waals surface area contributed by atoms with Crippen LogP contribution in [0.25, 0.3) is 0 Å². The molecule has 0 aliphatic carbocycles. The summed E-state index contributed by atoms with van der Waals surface area (Å²) in [5.41, 5.74) is 0. The van der Waals surface area contributed by atoms with E-state index in [1.54, 1.807) is 4.57 Å². The summed E-state index contributed by atoms with van der Waals surface area (Å²) in [5.74, 6) is 0.193. The Hall–Kier alpha value is -0.960. The lowest BCUT2D eigenvalue weighted by molar-refractivity contribution is 0.00567. The van der Waals surface area contributed by atoms with E-state index < -0.39 is 16.1 Å². The number of nitrogens with zero attached hydrogens (tertiary/aromatic N) is 2. The smallest absolute Gasteiger partial charge is 0.259 e. The molecule has 1 saturated heterocycles. The Morgan fingerprint density at radius 3 is 2.73 bits per heavy atom. The van der Waals surface area contributed by atoms with Gasteiger partial charge in [-0.3, -0.25) is 0 Å². The molecule has 0 amide bonds. The van der Waals surface area contributed by atoms with Crippen LogP contribution in [0.15, 0.2) is 17.6 Å². The average molecular weight is 331 g/mol. The first kappa shape index (κ1) is 17.4. The van der Waals surface area contributed by atoms with E-state index in [4.69, 9.17) is 4.74 Å². The van der Waals surface area contributed by atoms with E-state index in [9.17, 15) is 13.5 Å². The molecule has 1 fully saturated rings. The average Bonchev–Trinajstić information content (AvgIpc) is 2.99. The predicted octanol–water partition coefficient (Wildman–Crippen LogP) is 0.920. The molecule has 22 heavy (non-hydrogen) atoms. The highest BCUT2D eigenvalue weighted by Gasteiger charge is 2.23. The third kappa shape index (κ3) is 4.52. The quantitative estimate of drug-likeness (QED) is 0.775. The van der Waals surface area contributed by atoms with Crippen molar-refractivity contribution in [2.24, 2.45) is 5.92 Å². The molecule has 1 atom stereocenters. The maximum Gasteiger partial charge on any atom is 0.259 e. The first-order valence-electron chi connectivity index (χ1n) is 7.69. The number of rotatable bonds is 7. The zero-order valence-corrected chi connectivity index (χ0v) is 13.9. The second-order valence-corrected chi connectivity index (χ2v) is 7.67. The molecule has 1 aromatic rings. The molecule has 1 aromatic heterocycles. The van der Waals surface area contributed by atoms with Gasteiger partial charge in [0.1, 0.15) is 0 Å². The van der Waals surface area contributed by atoms with Crippen LogP contribution in [-0.2, 0) is 14.8 Å². The zero-order valence-electron chi connectivity index (χ0n) is 13.1. The van der Waals surface area contributed by atoms with Crippen LogP contribution in [0.1, 0.15) is 39.2 Å². The second-order valence-electron chi connectivity index (χ2n) is 5.96. The zero-order chi connectivity index (χ0) is 16.2. The van der Waals surface area contributed by atoms with E-state index in [2.05, 4.69) is 9.71 Å². The van der Waals surface area contributed by atoms with Gasteiger partial charge in [-0.2, -0.15) is 0 Å². The van der Waals surface area contributed by atoms with E-state index >= 15 is 0 Å². The SMILES string of the molecule is CC(C)n1cnc(S(=O)(=O)NCC[C@@H](O)C2CCOCC2)c1. The molecule has 8 heteroatoms. The molecule has 0 saturated carbocycles. The molecular formula is C14H25N3O4S. The number of aliphatic hydroxyl groups is 1. The van der Waals surface area contributed by atoms with E-state index in [-0.39, 0.29) is 23.5 Å². The molecular weight excluding hydrogens is 306 g/mol. The van der Waals surface area contributed by atoms with Gasteiger partial charge < -0.3 is 14.4 Å². The lowest BCUT2D eigenvalue weighted by atomic mass is 9.92. The van der Waals surface area contributed by atoms with Gasteiger partial charge in [-0.1, -0.05) is 0 Å². The third-order valence-electron chi connectivity index (χ3n) is 3.99. The number of sulfonamides is 1. The topological polar surface area (TPSA) is 93.5 Å². The Labute approximate surface area is 131 Å². The van der Waals surface area contributed by atoms with Crippen molar-refractivity contribution >= 4 is 10.0 Å². The molecule has 126 valence electrons. The van der Waals surface area contributed by atoms with Crippen LogP contribution in [0.3, 0.4) is 0 Å². The molecule has 1 aliphatic heterocycles. The summed E-state index contributed by atoms with van der Waals surface area (Å²) >= 11 is 0. The fourth-order valence-electron chi connectivity index (χ4n) is 2.49. The highest BCUT2D eigenvalue weighted by molar-refractivity contribution is 7.89. The number of nitrogens with one attached hydrogen (secondary N) is 1. The van der Waals surface area contributed by atoms with Crippen molar-refractivity contribution in [3.05, 3.63) is 12.5 Å². The Balaban J connectivity index is 1.84. The van der Waals surface area contributed by atoms with Gasteiger partial charge in [0, 0.05) is 32.0 Å². The lowest BCUT2D eigenvalue weighted by Gasteiger charge is -2.26. The van der Waals surface area contributed by atoms with Gasteiger partial charge in [0.2, 0.25) is 0 Å². The molecule has 0 unspecified atom stereocenters. The Morgan fingerprint density at radius 2 is 2.14 bits per heavy atom. The Morgan fingerprint density at radius 1 is 1.45 bits per heavy atom. The highest BCUT2D eigenvalue weighted by atomic mass is 32.2. The maximum atomic E-state index is 12.1.